The van der Waals surface area contributed by atoms with Crippen molar-refractivity contribution in [3.63, 3.8) is 0 Å². The number of hydrogen-bond acceptors (Lipinski definition) is 2. The van der Waals surface area contributed by atoms with Gasteiger partial charge in [-0.25, -0.2) is 0 Å². The highest BCUT2D eigenvalue weighted by Gasteiger charge is 2.02. The monoisotopic (exact) mass is 224 g/mol. The fourth-order valence-electron chi connectivity index (χ4n) is 1.06. The molecule has 0 aliphatic rings. The third kappa shape index (κ3) is 3.84. The first-order chi connectivity index (χ1) is 7.13. The summed E-state index contributed by atoms with van der Waals surface area (Å²) < 4.78 is 0. The van der Waals surface area contributed by atoms with E-state index in [0.29, 0.717) is 5.92 Å². The SMILES string of the molecule is C=C(NNc1ccc(Cl)cc1)[C@H](C)CC. The van der Waals surface area contributed by atoms with Crippen LogP contribution in [0.3, 0.4) is 0 Å². The second kappa shape index (κ2) is 5.66. The third-order valence-corrected chi connectivity index (χ3v) is 2.67. The molecule has 1 aromatic rings. The van der Waals surface area contributed by atoms with Gasteiger partial charge in [0.25, 0.3) is 0 Å². The van der Waals surface area contributed by atoms with Crippen molar-refractivity contribution < 1.29 is 0 Å². The minimum absolute atomic E-state index is 0.463. The number of hydrazine groups is 1. The molecule has 1 aromatic carbocycles. The molecule has 15 heavy (non-hydrogen) atoms. The van der Waals surface area contributed by atoms with Crippen molar-refractivity contribution in [2.45, 2.75) is 20.3 Å². The number of allylic oxidation sites excluding steroid dienone is 1. The van der Waals surface area contributed by atoms with Gasteiger partial charge in [-0.05, 0) is 36.6 Å². The van der Waals surface area contributed by atoms with Gasteiger partial charge in [0, 0.05) is 10.7 Å². The van der Waals surface area contributed by atoms with Gasteiger partial charge in [-0.3, -0.25) is 0 Å². The summed E-state index contributed by atoms with van der Waals surface area (Å²) in [6, 6.07) is 7.52. The lowest BCUT2D eigenvalue weighted by Crippen LogP contribution is -2.23. The van der Waals surface area contributed by atoms with E-state index in [4.69, 9.17) is 11.6 Å². The number of benzene rings is 1. The summed E-state index contributed by atoms with van der Waals surface area (Å²) in [6.45, 7) is 8.23. The maximum atomic E-state index is 5.78. The summed E-state index contributed by atoms with van der Waals surface area (Å²) in [4.78, 5) is 0. The molecule has 2 nitrogen and oxygen atoms in total. The number of halogens is 1. The molecule has 0 aliphatic heterocycles. The zero-order valence-corrected chi connectivity index (χ0v) is 9.93. The van der Waals surface area contributed by atoms with Crippen LogP contribution in [0.15, 0.2) is 36.5 Å². The minimum Gasteiger partial charge on any atom is -0.305 e. The Balaban J connectivity index is 2.43. The molecule has 0 saturated carbocycles. The summed E-state index contributed by atoms with van der Waals surface area (Å²) in [7, 11) is 0. The van der Waals surface area contributed by atoms with E-state index in [2.05, 4.69) is 31.3 Å². The Hall–Kier alpha value is -1.15. The van der Waals surface area contributed by atoms with Gasteiger partial charge in [0.15, 0.2) is 0 Å². The van der Waals surface area contributed by atoms with E-state index in [9.17, 15) is 0 Å². The molecular formula is C12H17ClN2. The molecule has 0 amide bonds. The van der Waals surface area contributed by atoms with E-state index >= 15 is 0 Å². The lowest BCUT2D eigenvalue weighted by atomic mass is 10.1. The second-order valence-corrected chi connectivity index (χ2v) is 4.03. The van der Waals surface area contributed by atoms with Gasteiger partial charge in [0.05, 0.1) is 5.69 Å². The van der Waals surface area contributed by atoms with Crippen molar-refractivity contribution in [2.24, 2.45) is 5.92 Å². The number of rotatable bonds is 5. The topological polar surface area (TPSA) is 24.1 Å². The van der Waals surface area contributed by atoms with Gasteiger partial charge >= 0.3 is 0 Å². The Morgan fingerprint density at radius 1 is 1.40 bits per heavy atom. The molecule has 0 heterocycles. The van der Waals surface area contributed by atoms with Crippen LogP contribution in [0.4, 0.5) is 5.69 Å². The maximum Gasteiger partial charge on any atom is 0.0540 e. The van der Waals surface area contributed by atoms with Crippen LogP contribution in [0.5, 0.6) is 0 Å². The molecule has 3 heteroatoms. The first-order valence-corrected chi connectivity index (χ1v) is 5.47. The molecule has 82 valence electrons. The molecule has 2 N–H and O–H groups in total. The van der Waals surface area contributed by atoms with Crippen LogP contribution in [0.2, 0.25) is 5.02 Å². The van der Waals surface area contributed by atoms with Gasteiger partial charge in [-0.15, -0.1) is 0 Å². The van der Waals surface area contributed by atoms with Crippen molar-refractivity contribution >= 4 is 17.3 Å². The second-order valence-electron chi connectivity index (χ2n) is 3.59. The Kier molecular flexibility index (Phi) is 4.50. The molecule has 0 bridgehead atoms. The zero-order valence-electron chi connectivity index (χ0n) is 9.18. The van der Waals surface area contributed by atoms with Crippen molar-refractivity contribution in [2.75, 3.05) is 5.43 Å². The van der Waals surface area contributed by atoms with Crippen molar-refractivity contribution in [3.8, 4) is 0 Å². The lowest BCUT2D eigenvalue weighted by Gasteiger charge is -2.16. The highest BCUT2D eigenvalue weighted by atomic mass is 35.5. The summed E-state index contributed by atoms with van der Waals surface area (Å²) in [5, 5.41) is 0.737. The average Bonchev–Trinajstić information content (AvgIpc) is 2.26. The van der Waals surface area contributed by atoms with Crippen LogP contribution in [-0.4, -0.2) is 0 Å². The predicted octanol–water partition coefficient (Wildman–Crippen LogP) is 3.82. The maximum absolute atomic E-state index is 5.78. The van der Waals surface area contributed by atoms with Crippen molar-refractivity contribution in [1.82, 2.24) is 5.43 Å². The molecule has 0 fully saturated rings. The quantitative estimate of drug-likeness (QED) is 0.744. The Morgan fingerprint density at radius 2 is 2.00 bits per heavy atom. The summed E-state index contributed by atoms with van der Waals surface area (Å²) >= 11 is 5.78. The number of anilines is 1. The predicted molar refractivity (Wildman–Crippen MR) is 66.8 cm³/mol. The van der Waals surface area contributed by atoms with Crippen LogP contribution in [0.1, 0.15) is 20.3 Å². The zero-order chi connectivity index (χ0) is 11.3. The van der Waals surface area contributed by atoms with Crippen LogP contribution in [0.25, 0.3) is 0 Å². The van der Waals surface area contributed by atoms with Gasteiger partial charge < -0.3 is 10.9 Å². The first-order valence-electron chi connectivity index (χ1n) is 5.10. The van der Waals surface area contributed by atoms with E-state index in [-0.39, 0.29) is 0 Å². The Morgan fingerprint density at radius 3 is 2.53 bits per heavy atom. The summed E-state index contributed by atoms with van der Waals surface area (Å²) in [5.41, 5.74) is 8.13. The van der Waals surface area contributed by atoms with E-state index in [1.54, 1.807) is 0 Å². The minimum atomic E-state index is 0.463. The first kappa shape index (κ1) is 11.9. The molecular weight excluding hydrogens is 208 g/mol. The highest BCUT2D eigenvalue weighted by Crippen LogP contribution is 2.14. The molecule has 1 rings (SSSR count). The molecule has 1 atom stereocenters. The van der Waals surface area contributed by atoms with Gasteiger partial charge in [-0.1, -0.05) is 32.0 Å². The molecule has 0 radical (unpaired) electrons. The molecule has 0 aromatic heterocycles. The summed E-state index contributed by atoms with van der Waals surface area (Å²) in [5.74, 6) is 0.463. The van der Waals surface area contributed by atoms with Crippen LogP contribution >= 0.6 is 11.6 Å². The largest absolute Gasteiger partial charge is 0.305 e. The van der Waals surface area contributed by atoms with Gasteiger partial charge in [0.2, 0.25) is 0 Å². The summed E-state index contributed by atoms with van der Waals surface area (Å²) in [6.07, 6.45) is 1.08. The number of nitrogens with one attached hydrogen (secondary N) is 2. The Labute approximate surface area is 96.3 Å². The van der Waals surface area contributed by atoms with Gasteiger partial charge in [-0.2, -0.15) is 0 Å². The fourth-order valence-corrected chi connectivity index (χ4v) is 1.18. The smallest absolute Gasteiger partial charge is 0.0540 e. The van der Waals surface area contributed by atoms with E-state index in [1.165, 1.54) is 0 Å². The Bertz CT molecular complexity index is 319. The van der Waals surface area contributed by atoms with Crippen LogP contribution in [-0.2, 0) is 0 Å². The van der Waals surface area contributed by atoms with Gasteiger partial charge in [0.1, 0.15) is 0 Å². The van der Waals surface area contributed by atoms with Crippen molar-refractivity contribution in [3.05, 3.63) is 41.6 Å². The molecule has 0 spiro atoms. The van der Waals surface area contributed by atoms with E-state index in [0.717, 1.165) is 22.8 Å². The van der Waals surface area contributed by atoms with Crippen LogP contribution in [0, 0.1) is 5.92 Å². The third-order valence-electron chi connectivity index (χ3n) is 2.42. The standard InChI is InChI=1S/C12H17ClN2/c1-4-9(2)10(3)14-15-12-7-5-11(13)6-8-12/h5-9,14-15H,3-4H2,1-2H3/t9-/m1/s1. The fraction of sp³-hybridized carbons (Fsp3) is 0.333. The van der Waals surface area contributed by atoms with E-state index in [1.807, 2.05) is 24.3 Å². The van der Waals surface area contributed by atoms with E-state index < -0.39 is 0 Å². The molecule has 0 aliphatic carbocycles. The number of hydrogen-bond donors (Lipinski definition) is 2. The molecule has 0 saturated heterocycles. The average molecular weight is 225 g/mol. The lowest BCUT2D eigenvalue weighted by molar-refractivity contribution is 0.613. The highest BCUT2D eigenvalue weighted by molar-refractivity contribution is 6.30. The van der Waals surface area contributed by atoms with Crippen LogP contribution < -0.4 is 10.9 Å². The van der Waals surface area contributed by atoms with Crippen molar-refractivity contribution in [1.29, 1.82) is 0 Å². The normalized spacial score (nSPS) is 11.9. The molecule has 0 unspecified atom stereocenters.